The minimum atomic E-state index is -0.494. The maximum atomic E-state index is 14.6. The Morgan fingerprint density at radius 1 is 1.05 bits per heavy atom. The van der Waals surface area contributed by atoms with Gasteiger partial charge in [0.05, 0.1) is 28.8 Å². The first kappa shape index (κ1) is 25.8. The highest BCUT2D eigenvalue weighted by Gasteiger charge is 2.41. The molecule has 2 aromatic rings. The van der Waals surface area contributed by atoms with Crippen LogP contribution in [0.4, 0.5) is 15.8 Å². The summed E-state index contributed by atoms with van der Waals surface area (Å²) in [6.07, 6.45) is 10.3. The second-order valence-corrected chi connectivity index (χ2v) is 11.5. The number of allylic oxidation sites excluding steroid dienone is 5. The maximum Gasteiger partial charge on any atom is 0.273 e. The minimum absolute atomic E-state index is 0.118. The Kier molecular flexibility index (Phi) is 6.45. The largest absolute Gasteiger partial charge is 0.366 e. The third kappa shape index (κ3) is 4.52. The van der Waals surface area contributed by atoms with Gasteiger partial charge < -0.3 is 14.7 Å². The molecule has 0 saturated carbocycles. The molecule has 8 heteroatoms. The van der Waals surface area contributed by atoms with E-state index in [1.807, 2.05) is 37.0 Å². The molecule has 38 heavy (non-hydrogen) atoms. The number of hydrogen-bond acceptors (Lipinski definition) is 6. The van der Waals surface area contributed by atoms with E-state index < -0.39 is 5.54 Å². The maximum absolute atomic E-state index is 14.6. The fraction of sp³-hybridized carbons (Fsp3) is 0.400. The third-order valence-corrected chi connectivity index (χ3v) is 7.74. The molecule has 5 rings (SSSR count). The SMILES string of the molecule is CC1=CCC=C(N2CC(C)(C)c3nc(C(=O)N4CCN(c5cnccc5C=O)CC4(C)C)ccc32)C=C1F. The number of aromatic nitrogens is 2. The van der Waals surface area contributed by atoms with Gasteiger partial charge in [-0.05, 0) is 57.0 Å². The standard InChI is InChI=1S/C30H34FN5O2/c1-20-7-6-8-22(15-23(20)31)35-18-29(2,3)27-25(35)10-9-24(33-27)28(38)36-14-13-34(19-30(36,4)5)26-16-32-12-11-21(26)17-37/h7-12,15-17H,6,13-14,18-19H2,1-5H3. The van der Waals surface area contributed by atoms with Crippen molar-refractivity contribution in [3.8, 4) is 0 Å². The van der Waals surface area contributed by atoms with Crippen LogP contribution in [0, 0.1) is 0 Å². The van der Waals surface area contributed by atoms with E-state index in [1.165, 1.54) is 0 Å². The van der Waals surface area contributed by atoms with Crippen LogP contribution in [0.1, 0.15) is 67.6 Å². The molecule has 0 radical (unpaired) electrons. The van der Waals surface area contributed by atoms with Gasteiger partial charge in [-0.2, -0.15) is 0 Å². The molecule has 4 heterocycles. The van der Waals surface area contributed by atoms with Gasteiger partial charge in [0.2, 0.25) is 0 Å². The average molecular weight is 516 g/mol. The molecule has 0 bridgehead atoms. The number of hydrogen-bond donors (Lipinski definition) is 0. The molecular weight excluding hydrogens is 481 g/mol. The molecule has 0 N–H and O–H groups in total. The predicted molar refractivity (Wildman–Crippen MR) is 147 cm³/mol. The lowest BCUT2D eigenvalue weighted by molar-refractivity contribution is 0.0507. The van der Waals surface area contributed by atoms with Crippen molar-refractivity contribution in [3.05, 3.63) is 82.9 Å². The molecule has 1 amide bonds. The van der Waals surface area contributed by atoms with Crippen LogP contribution in [0.25, 0.3) is 0 Å². The molecule has 0 atom stereocenters. The average Bonchev–Trinajstić information content (AvgIpc) is 3.04. The third-order valence-electron chi connectivity index (χ3n) is 7.74. The fourth-order valence-electron chi connectivity index (χ4n) is 5.65. The monoisotopic (exact) mass is 515 g/mol. The quantitative estimate of drug-likeness (QED) is 0.521. The number of halogens is 1. The van der Waals surface area contributed by atoms with Gasteiger partial charge in [0.1, 0.15) is 11.5 Å². The summed E-state index contributed by atoms with van der Waals surface area (Å²) in [7, 11) is 0. The lowest BCUT2D eigenvalue weighted by Crippen LogP contribution is -2.61. The van der Waals surface area contributed by atoms with E-state index in [2.05, 4.69) is 28.6 Å². The number of aldehydes is 1. The van der Waals surface area contributed by atoms with Crippen LogP contribution in [0.3, 0.4) is 0 Å². The number of carbonyl (C=O) groups excluding carboxylic acids is 2. The predicted octanol–water partition coefficient (Wildman–Crippen LogP) is 5.22. The van der Waals surface area contributed by atoms with Crippen molar-refractivity contribution in [2.24, 2.45) is 0 Å². The number of amides is 1. The number of carbonyl (C=O) groups is 2. The van der Waals surface area contributed by atoms with Crippen molar-refractivity contribution >= 4 is 23.6 Å². The van der Waals surface area contributed by atoms with Crippen molar-refractivity contribution < 1.29 is 14.0 Å². The molecule has 7 nitrogen and oxygen atoms in total. The van der Waals surface area contributed by atoms with Gasteiger partial charge in [0.25, 0.3) is 5.91 Å². The number of nitrogens with zero attached hydrogens (tertiary/aromatic N) is 5. The number of pyridine rings is 2. The summed E-state index contributed by atoms with van der Waals surface area (Å²) in [5, 5.41) is 0. The van der Waals surface area contributed by atoms with Crippen LogP contribution in [-0.2, 0) is 5.41 Å². The van der Waals surface area contributed by atoms with Gasteiger partial charge >= 0.3 is 0 Å². The second kappa shape index (κ2) is 9.49. The lowest BCUT2D eigenvalue weighted by Gasteiger charge is -2.48. The Labute approximate surface area is 223 Å². The molecule has 198 valence electrons. The van der Waals surface area contributed by atoms with E-state index in [1.54, 1.807) is 37.5 Å². The summed E-state index contributed by atoms with van der Waals surface area (Å²) in [6, 6.07) is 5.43. The summed E-state index contributed by atoms with van der Waals surface area (Å²) in [5.41, 5.74) is 4.17. The summed E-state index contributed by atoms with van der Waals surface area (Å²) < 4.78 is 14.6. The Morgan fingerprint density at radius 3 is 2.58 bits per heavy atom. The van der Waals surface area contributed by atoms with Crippen LogP contribution < -0.4 is 9.80 Å². The van der Waals surface area contributed by atoms with Gasteiger partial charge in [-0.3, -0.25) is 14.6 Å². The van der Waals surface area contributed by atoms with Crippen LogP contribution in [0.5, 0.6) is 0 Å². The highest BCUT2D eigenvalue weighted by Crippen LogP contribution is 2.42. The van der Waals surface area contributed by atoms with E-state index >= 15 is 0 Å². The summed E-state index contributed by atoms with van der Waals surface area (Å²) >= 11 is 0. The zero-order chi connectivity index (χ0) is 27.2. The van der Waals surface area contributed by atoms with Crippen LogP contribution in [0.15, 0.2) is 65.9 Å². The van der Waals surface area contributed by atoms with E-state index in [-0.39, 0.29) is 17.1 Å². The highest BCUT2D eigenvalue weighted by atomic mass is 19.1. The van der Waals surface area contributed by atoms with Crippen molar-refractivity contribution in [2.75, 3.05) is 36.0 Å². The Bertz CT molecular complexity index is 1390. The van der Waals surface area contributed by atoms with Crippen molar-refractivity contribution in [3.63, 3.8) is 0 Å². The van der Waals surface area contributed by atoms with Gasteiger partial charge in [0, 0.05) is 49.1 Å². The zero-order valence-electron chi connectivity index (χ0n) is 22.7. The molecular formula is C30H34FN5O2. The van der Waals surface area contributed by atoms with E-state index in [0.717, 1.165) is 29.1 Å². The molecule has 1 saturated heterocycles. The molecule has 3 aliphatic rings. The zero-order valence-corrected chi connectivity index (χ0v) is 22.7. The number of rotatable bonds is 4. The van der Waals surface area contributed by atoms with Crippen molar-refractivity contribution in [1.82, 2.24) is 14.9 Å². The Balaban J connectivity index is 1.40. The van der Waals surface area contributed by atoms with Crippen molar-refractivity contribution in [2.45, 2.75) is 52.0 Å². The van der Waals surface area contributed by atoms with E-state index in [4.69, 9.17) is 4.98 Å². The number of fused-ring (bicyclic) bond motifs is 1. The molecule has 2 aromatic heterocycles. The molecule has 2 aliphatic heterocycles. The smallest absolute Gasteiger partial charge is 0.273 e. The fourth-order valence-corrected chi connectivity index (χ4v) is 5.65. The summed E-state index contributed by atoms with van der Waals surface area (Å²) in [4.78, 5) is 40.5. The number of piperazine rings is 1. The van der Waals surface area contributed by atoms with Gasteiger partial charge in [-0.25, -0.2) is 9.37 Å². The van der Waals surface area contributed by atoms with Gasteiger partial charge in [0.15, 0.2) is 6.29 Å². The Hall–Kier alpha value is -3.81. The Morgan fingerprint density at radius 2 is 1.84 bits per heavy atom. The number of anilines is 2. The molecule has 1 fully saturated rings. The normalized spacial score (nSPS) is 20.3. The minimum Gasteiger partial charge on any atom is -0.366 e. The first-order valence-electron chi connectivity index (χ1n) is 13.0. The van der Waals surface area contributed by atoms with E-state index in [9.17, 15) is 14.0 Å². The topological polar surface area (TPSA) is 69.6 Å². The molecule has 0 spiro atoms. The molecule has 0 unspecified atom stereocenters. The first-order chi connectivity index (χ1) is 18.0. The van der Waals surface area contributed by atoms with Crippen LogP contribution in [-0.4, -0.2) is 58.8 Å². The summed E-state index contributed by atoms with van der Waals surface area (Å²) in [6.45, 7) is 12.4. The second-order valence-electron chi connectivity index (χ2n) is 11.5. The lowest BCUT2D eigenvalue weighted by atomic mass is 9.91. The van der Waals surface area contributed by atoms with E-state index in [0.29, 0.717) is 49.4 Å². The summed E-state index contributed by atoms with van der Waals surface area (Å²) in [5.74, 6) is -0.347. The first-order valence-corrected chi connectivity index (χ1v) is 13.0. The van der Waals surface area contributed by atoms with Gasteiger partial charge in [-0.1, -0.05) is 26.0 Å². The van der Waals surface area contributed by atoms with Crippen molar-refractivity contribution in [1.29, 1.82) is 0 Å². The van der Waals surface area contributed by atoms with Crippen LogP contribution >= 0.6 is 0 Å². The van der Waals surface area contributed by atoms with Crippen LogP contribution in [0.2, 0.25) is 0 Å². The molecule has 1 aliphatic carbocycles. The van der Waals surface area contributed by atoms with Gasteiger partial charge in [-0.15, -0.1) is 0 Å². The molecule has 0 aromatic carbocycles. The highest BCUT2D eigenvalue weighted by molar-refractivity contribution is 5.94.